The molecule has 0 amide bonds. The van der Waals surface area contributed by atoms with E-state index in [9.17, 15) is 4.39 Å². The lowest BCUT2D eigenvalue weighted by Gasteiger charge is -2.21. The molecule has 1 rings (SSSR count). The van der Waals surface area contributed by atoms with Gasteiger partial charge in [-0.15, -0.1) is 0 Å². The zero-order chi connectivity index (χ0) is 12.1. The van der Waals surface area contributed by atoms with Crippen molar-refractivity contribution in [3.05, 3.63) is 34.6 Å². The molecular formula is C13H19ClFN. The summed E-state index contributed by atoms with van der Waals surface area (Å²) in [5.74, 6) is 0.200. The number of benzene rings is 1. The van der Waals surface area contributed by atoms with Crippen molar-refractivity contribution in [3.63, 3.8) is 0 Å². The minimum absolute atomic E-state index is 0.0953. The molecule has 0 spiro atoms. The largest absolute Gasteiger partial charge is 0.327 e. The van der Waals surface area contributed by atoms with Crippen LogP contribution in [0.5, 0.6) is 0 Å². The maximum atomic E-state index is 12.9. The van der Waals surface area contributed by atoms with Gasteiger partial charge in [-0.05, 0) is 30.0 Å². The van der Waals surface area contributed by atoms with Crippen molar-refractivity contribution in [3.8, 4) is 0 Å². The molecule has 16 heavy (non-hydrogen) atoms. The Morgan fingerprint density at radius 3 is 2.44 bits per heavy atom. The summed E-state index contributed by atoms with van der Waals surface area (Å²) in [4.78, 5) is 0. The van der Waals surface area contributed by atoms with Gasteiger partial charge >= 0.3 is 0 Å². The van der Waals surface area contributed by atoms with Crippen LogP contribution in [0.4, 0.5) is 4.39 Å². The summed E-state index contributed by atoms with van der Waals surface area (Å²) >= 11 is 5.97. The van der Waals surface area contributed by atoms with E-state index < -0.39 is 0 Å². The first-order valence-electron chi connectivity index (χ1n) is 5.78. The third-order valence-corrected chi connectivity index (χ3v) is 3.48. The fourth-order valence-corrected chi connectivity index (χ4v) is 2.25. The Bertz CT molecular complexity index is 337. The maximum absolute atomic E-state index is 12.9. The second-order valence-corrected chi connectivity index (χ2v) is 4.59. The zero-order valence-electron chi connectivity index (χ0n) is 9.84. The third-order valence-electron chi connectivity index (χ3n) is 3.12. The second-order valence-electron chi connectivity index (χ2n) is 4.18. The molecule has 0 heterocycles. The Morgan fingerprint density at radius 1 is 1.31 bits per heavy atom. The van der Waals surface area contributed by atoms with Crippen molar-refractivity contribution >= 4 is 11.6 Å². The molecule has 1 aromatic carbocycles. The van der Waals surface area contributed by atoms with Gasteiger partial charge in [0.15, 0.2) is 0 Å². The van der Waals surface area contributed by atoms with Crippen LogP contribution in [-0.2, 0) is 6.42 Å². The van der Waals surface area contributed by atoms with E-state index in [4.69, 9.17) is 17.3 Å². The summed E-state index contributed by atoms with van der Waals surface area (Å²) in [5.41, 5.74) is 7.06. The van der Waals surface area contributed by atoms with E-state index >= 15 is 0 Å². The molecule has 1 atom stereocenters. The maximum Gasteiger partial charge on any atom is 0.124 e. The number of hydrogen-bond acceptors (Lipinski definition) is 1. The van der Waals surface area contributed by atoms with Gasteiger partial charge in [0, 0.05) is 11.1 Å². The Kier molecular flexibility index (Phi) is 5.23. The van der Waals surface area contributed by atoms with Crippen molar-refractivity contribution in [1.29, 1.82) is 0 Å². The highest BCUT2D eigenvalue weighted by molar-refractivity contribution is 6.31. The standard InChI is InChI=1S/C13H19ClFN/c1-3-9(4-2)13(16)7-10-5-6-11(15)8-12(10)14/h5-6,8-9,13H,3-4,7,16H2,1-2H3. The third kappa shape index (κ3) is 3.46. The molecule has 0 radical (unpaired) electrons. The van der Waals surface area contributed by atoms with Gasteiger partial charge in [0.05, 0.1) is 0 Å². The number of halogens is 2. The molecule has 0 aliphatic heterocycles. The van der Waals surface area contributed by atoms with Crippen molar-refractivity contribution in [1.82, 2.24) is 0 Å². The van der Waals surface area contributed by atoms with Crippen LogP contribution in [0.15, 0.2) is 18.2 Å². The predicted octanol–water partition coefficient (Wildman–Crippen LogP) is 3.79. The van der Waals surface area contributed by atoms with Crippen LogP contribution in [0.1, 0.15) is 32.3 Å². The number of rotatable bonds is 5. The van der Waals surface area contributed by atoms with E-state index in [1.807, 2.05) is 0 Å². The fraction of sp³-hybridized carbons (Fsp3) is 0.538. The molecule has 0 bridgehead atoms. The summed E-state index contributed by atoms with van der Waals surface area (Å²) in [6, 6.07) is 4.59. The van der Waals surface area contributed by atoms with Crippen LogP contribution in [0.2, 0.25) is 5.02 Å². The van der Waals surface area contributed by atoms with Gasteiger partial charge in [0.1, 0.15) is 5.82 Å². The molecule has 0 aliphatic carbocycles. The quantitative estimate of drug-likeness (QED) is 0.837. The van der Waals surface area contributed by atoms with E-state index in [2.05, 4.69) is 13.8 Å². The lowest BCUT2D eigenvalue weighted by Crippen LogP contribution is -2.31. The minimum Gasteiger partial charge on any atom is -0.327 e. The first-order chi connectivity index (χ1) is 7.58. The molecule has 0 saturated heterocycles. The van der Waals surface area contributed by atoms with Gasteiger partial charge in [-0.2, -0.15) is 0 Å². The van der Waals surface area contributed by atoms with Crippen LogP contribution < -0.4 is 5.73 Å². The first kappa shape index (κ1) is 13.5. The van der Waals surface area contributed by atoms with Crippen LogP contribution >= 0.6 is 11.6 Å². The van der Waals surface area contributed by atoms with Gasteiger partial charge < -0.3 is 5.73 Å². The molecule has 2 N–H and O–H groups in total. The van der Waals surface area contributed by atoms with Crippen molar-refractivity contribution in [2.75, 3.05) is 0 Å². The van der Waals surface area contributed by atoms with Gasteiger partial charge in [0.25, 0.3) is 0 Å². The summed E-state index contributed by atoms with van der Waals surface area (Å²) in [6.07, 6.45) is 2.85. The number of hydrogen-bond donors (Lipinski definition) is 1. The first-order valence-corrected chi connectivity index (χ1v) is 6.15. The van der Waals surface area contributed by atoms with Crippen molar-refractivity contribution in [2.45, 2.75) is 39.2 Å². The van der Waals surface area contributed by atoms with E-state index in [1.54, 1.807) is 6.07 Å². The minimum atomic E-state index is -0.301. The zero-order valence-corrected chi connectivity index (χ0v) is 10.6. The highest BCUT2D eigenvalue weighted by Crippen LogP contribution is 2.22. The molecule has 0 fully saturated rings. The monoisotopic (exact) mass is 243 g/mol. The topological polar surface area (TPSA) is 26.0 Å². The lowest BCUT2D eigenvalue weighted by atomic mass is 9.90. The normalized spacial score (nSPS) is 13.1. The smallest absolute Gasteiger partial charge is 0.124 e. The van der Waals surface area contributed by atoms with E-state index in [0.717, 1.165) is 18.4 Å². The highest BCUT2D eigenvalue weighted by Gasteiger charge is 2.15. The van der Waals surface area contributed by atoms with Crippen molar-refractivity contribution < 1.29 is 4.39 Å². The van der Waals surface area contributed by atoms with Gasteiger partial charge in [-0.3, -0.25) is 0 Å². The van der Waals surface area contributed by atoms with E-state index in [0.29, 0.717) is 17.4 Å². The van der Waals surface area contributed by atoms with E-state index in [-0.39, 0.29) is 11.9 Å². The van der Waals surface area contributed by atoms with Gasteiger partial charge in [0.2, 0.25) is 0 Å². The molecule has 0 aliphatic rings. The Morgan fingerprint density at radius 2 is 1.94 bits per heavy atom. The average Bonchev–Trinajstić information content (AvgIpc) is 2.24. The number of nitrogens with two attached hydrogens (primary N) is 1. The van der Waals surface area contributed by atoms with Gasteiger partial charge in [-0.25, -0.2) is 4.39 Å². The summed E-state index contributed by atoms with van der Waals surface area (Å²) in [7, 11) is 0. The Labute approximate surface area is 102 Å². The molecule has 3 heteroatoms. The van der Waals surface area contributed by atoms with Crippen molar-refractivity contribution in [2.24, 2.45) is 11.7 Å². The fourth-order valence-electron chi connectivity index (χ4n) is 2.00. The molecule has 90 valence electrons. The predicted molar refractivity (Wildman–Crippen MR) is 67.2 cm³/mol. The second kappa shape index (κ2) is 6.21. The molecule has 0 aromatic heterocycles. The molecular weight excluding hydrogens is 225 g/mol. The Hall–Kier alpha value is -0.600. The SMILES string of the molecule is CCC(CC)C(N)Cc1ccc(F)cc1Cl. The van der Waals surface area contributed by atoms with Crippen LogP contribution in [0.3, 0.4) is 0 Å². The average molecular weight is 244 g/mol. The molecule has 1 aromatic rings. The molecule has 0 saturated carbocycles. The summed E-state index contributed by atoms with van der Waals surface area (Å²) < 4.78 is 12.9. The van der Waals surface area contributed by atoms with Crippen LogP contribution in [-0.4, -0.2) is 6.04 Å². The molecule has 1 unspecified atom stereocenters. The summed E-state index contributed by atoms with van der Waals surface area (Å²) in [5, 5.41) is 0.474. The highest BCUT2D eigenvalue weighted by atomic mass is 35.5. The van der Waals surface area contributed by atoms with E-state index in [1.165, 1.54) is 12.1 Å². The van der Waals surface area contributed by atoms with Gasteiger partial charge in [-0.1, -0.05) is 44.4 Å². The lowest BCUT2D eigenvalue weighted by molar-refractivity contribution is 0.393. The summed E-state index contributed by atoms with van der Waals surface area (Å²) in [6.45, 7) is 4.28. The molecule has 1 nitrogen and oxygen atoms in total. The van der Waals surface area contributed by atoms with Crippen LogP contribution in [0.25, 0.3) is 0 Å². The Balaban J connectivity index is 2.72. The van der Waals surface area contributed by atoms with Crippen LogP contribution in [0, 0.1) is 11.7 Å².